The fourth-order valence-electron chi connectivity index (χ4n) is 1.11. The van der Waals surface area contributed by atoms with Crippen LogP contribution in [0.3, 0.4) is 0 Å². The van der Waals surface area contributed by atoms with Gasteiger partial charge >= 0.3 is 11.9 Å². The number of cyclic esters (lactones) is 2. The quantitative estimate of drug-likeness (QED) is 0.386. The van der Waals surface area contributed by atoms with E-state index in [9.17, 15) is 14.2 Å². The molecule has 1 fully saturated rings. The number of rotatable bonds is 3. The average molecular weight is 206 g/mol. The van der Waals surface area contributed by atoms with Crippen molar-refractivity contribution in [1.29, 1.82) is 0 Å². The van der Waals surface area contributed by atoms with E-state index in [0.29, 0.717) is 6.61 Å². The second-order valence-corrected chi connectivity index (χ2v) is 4.45. The number of carbonyl (C=O) groups excluding carboxylic acids is 2. The summed E-state index contributed by atoms with van der Waals surface area (Å²) in [6, 6.07) is 0. The van der Waals surface area contributed by atoms with E-state index in [0.717, 1.165) is 0 Å². The maximum Gasteiger partial charge on any atom is 0.314 e. The van der Waals surface area contributed by atoms with Crippen LogP contribution in [0.2, 0.25) is 0 Å². The van der Waals surface area contributed by atoms with E-state index in [-0.39, 0.29) is 12.8 Å². The molecule has 0 bridgehead atoms. The Kier molecular flexibility index (Phi) is 3.63. The van der Waals surface area contributed by atoms with Crippen LogP contribution in [0, 0.1) is 0 Å². The lowest BCUT2D eigenvalue weighted by Gasteiger charge is -2.18. The number of hydrogen-bond donors (Lipinski definition) is 0. The molecule has 1 atom stereocenters. The van der Waals surface area contributed by atoms with Crippen molar-refractivity contribution in [2.24, 2.45) is 0 Å². The molecule has 5 nitrogen and oxygen atoms in total. The fraction of sp³-hybridized carbons (Fsp3) is 0.714. The summed E-state index contributed by atoms with van der Waals surface area (Å²) < 4.78 is 20.4. The van der Waals surface area contributed by atoms with Crippen LogP contribution in [0.5, 0.6) is 0 Å². The number of ether oxygens (including phenoxy) is 1. The van der Waals surface area contributed by atoms with Gasteiger partial charge in [0.15, 0.2) is 8.03 Å². The number of hydrogen-bond acceptors (Lipinski definition) is 5. The van der Waals surface area contributed by atoms with Crippen LogP contribution in [0.1, 0.15) is 19.8 Å². The van der Waals surface area contributed by atoms with Gasteiger partial charge in [0, 0.05) is 0 Å². The van der Waals surface area contributed by atoms with Gasteiger partial charge in [-0.1, -0.05) is 0 Å². The molecule has 1 aliphatic rings. The maximum absolute atomic E-state index is 11.3. The Morgan fingerprint density at radius 2 is 2.00 bits per heavy atom. The molecular weight excluding hydrogens is 195 g/mol. The standard InChI is InChI=1S/C7H11O5P/c1-2-11-13(10)5-3-6(8)12-7(9)4-5/h5,13H,2-4H2,1H3. The molecule has 74 valence electrons. The molecule has 0 aromatic rings. The second-order valence-electron chi connectivity index (χ2n) is 2.70. The predicted octanol–water partition coefficient (Wildman–Crippen LogP) is 0.730. The molecule has 0 aromatic heterocycles. The van der Waals surface area contributed by atoms with Crippen molar-refractivity contribution in [2.75, 3.05) is 6.61 Å². The van der Waals surface area contributed by atoms with Gasteiger partial charge in [-0.2, -0.15) is 0 Å². The van der Waals surface area contributed by atoms with Gasteiger partial charge in [0.05, 0.1) is 25.1 Å². The molecule has 1 heterocycles. The molecule has 6 heteroatoms. The van der Waals surface area contributed by atoms with Gasteiger partial charge in [-0.25, -0.2) is 0 Å². The number of esters is 2. The lowest BCUT2D eigenvalue weighted by Crippen LogP contribution is -2.27. The van der Waals surface area contributed by atoms with Crippen LogP contribution in [-0.4, -0.2) is 24.2 Å². The molecule has 0 radical (unpaired) electrons. The van der Waals surface area contributed by atoms with Crippen molar-refractivity contribution in [3.8, 4) is 0 Å². The van der Waals surface area contributed by atoms with E-state index in [1.165, 1.54) is 0 Å². The average Bonchev–Trinajstić information content (AvgIpc) is 2.03. The molecule has 13 heavy (non-hydrogen) atoms. The normalized spacial score (nSPS) is 21.3. The van der Waals surface area contributed by atoms with Crippen LogP contribution in [0.25, 0.3) is 0 Å². The minimum absolute atomic E-state index is 0.0174. The zero-order valence-corrected chi connectivity index (χ0v) is 8.24. The summed E-state index contributed by atoms with van der Waals surface area (Å²) in [5.74, 6) is -1.22. The Morgan fingerprint density at radius 3 is 2.46 bits per heavy atom. The van der Waals surface area contributed by atoms with Gasteiger partial charge in [0.2, 0.25) is 0 Å². The van der Waals surface area contributed by atoms with Gasteiger partial charge in [0.25, 0.3) is 0 Å². The monoisotopic (exact) mass is 206 g/mol. The first-order valence-corrected chi connectivity index (χ1v) is 5.43. The summed E-state index contributed by atoms with van der Waals surface area (Å²) in [7, 11) is -2.28. The third-order valence-corrected chi connectivity index (χ3v) is 3.32. The topological polar surface area (TPSA) is 69.7 Å². The largest absolute Gasteiger partial charge is 0.393 e. The summed E-state index contributed by atoms with van der Waals surface area (Å²) in [6.45, 7) is 2.04. The van der Waals surface area contributed by atoms with Crippen LogP contribution in [-0.2, 0) is 23.4 Å². The fourth-order valence-corrected chi connectivity index (χ4v) is 2.30. The minimum atomic E-state index is -2.28. The Bertz CT molecular complexity index is 233. The minimum Gasteiger partial charge on any atom is -0.393 e. The third kappa shape index (κ3) is 2.94. The number of carbonyl (C=O) groups is 2. The zero-order chi connectivity index (χ0) is 9.84. The highest BCUT2D eigenvalue weighted by Crippen LogP contribution is 2.36. The molecule has 1 unspecified atom stereocenters. The first kappa shape index (κ1) is 10.4. The molecule has 1 saturated heterocycles. The highest BCUT2D eigenvalue weighted by molar-refractivity contribution is 7.40. The molecule has 0 amide bonds. The van der Waals surface area contributed by atoms with Gasteiger partial charge in [-0.3, -0.25) is 14.2 Å². The van der Waals surface area contributed by atoms with Crippen molar-refractivity contribution >= 4 is 20.0 Å². The zero-order valence-electron chi connectivity index (χ0n) is 7.24. The van der Waals surface area contributed by atoms with E-state index in [1.54, 1.807) is 6.92 Å². The van der Waals surface area contributed by atoms with Crippen molar-refractivity contribution in [1.82, 2.24) is 0 Å². The van der Waals surface area contributed by atoms with Crippen LogP contribution < -0.4 is 0 Å². The lowest BCUT2D eigenvalue weighted by molar-refractivity contribution is -0.162. The van der Waals surface area contributed by atoms with E-state index in [4.69, 9.17) is 4.52 Å². The smallest absolute Gasteiger partial charge is 0.314 e. The van der Waals surface area contributed by atoms with Crippen LogP contribution in [0.15, 0.2) is 0 Å². The SMILES string of the molecule is CCO[PH](=O)C1CC(=O)OC(=O)C1. The summed E-state index contributed by atoms with van der Waals surface area (Å²) in [4.78, 5) is 21.5. The summed E-state index contributed by atoms with van der Waals surface area (Å²) in [5, 5.41) is 0. The van der Waals surface area contributed by atoms with Gasteiger partial charge in [-0.15, -0.1) is 0 Å². The maximum atomic E-state index is 11.3. The van der Waals surface area contributed by atoms with Gasteiger partial charge < -0.3 is 9.26 Å². The molecule has 1 rings (SSSR count). The summed E-state index contributed by atoms with van der Waals surface area (Å²) in [6.07, 6.45) is 0.0348. The van der Waals surface area contributed by atoms with E-state index in [2.05, 4.69) is 4.74 Å². The molecule has 0 aliphatic carbocycles. The van der Waals surface area contributed by atoms with E-state index >= 15 is 0 Å². The van der Waals surface area contributed by atoms with Crippen LogP contribution in [0.4, 0.5) is 0 Å². The molecule has 0 aromatic carbocycles. The molecule has 0 spiro atoms. The van der Waals surface area contributed by atoms with Crippen LogP contribution >= 0.6 is 8.03 Å². The Labute approximate surface area is 76.3 Å². The molecule has 1 aliphatic heterocycles. The third-order valence-electron chi connectivity index (χ3n) is 1.67. The summed E-state index contributed by atoms with van der Waals surface area (Å²) >= 11 is 0. The second kappa shape index (κ2) is 4.53. The molecule has 0 saturated carbocycles. The van der Waals surface area contributed by atoms with E-state index in [1.807, 2.05) is 0 Å². The highest BCUT2D eigenvalue weighted by Gasteiger charge is 2.31. The molecular formula is C7H11O5P. The Morgan fingerprint density at radius 1 is 1.46 bits per heavy atom. The highest BCUT2D eigenvalue weighted by atomic mass is 31.1. The molecule has 0 N–H and O–H groups in total. The Hall–Kier alpha value is -0.670. The van der Waals surface area contributed by atoms with Crippen molar-refractivity contribution in [2.45, 2.75) is 25.4 Å². The van der Waals surface area contributed by atoms with Crippen molar-refractivity contribution in [3.63, 3.8) is 0 Å². The Balaban J connectivity index is 2.54. The van der Waals surface area contributed by atoms with Gasteiger partial charge in [-0.05, 0) is 6.92 Å². The van der Waals surface area contributed by atoms with Crippen molar-refractivity contribution in [3.05, 3.63) is 0 Å². The van der Waals surface area contributed by atoms with Gasteiger partial charge in [0.1, 0.15) is 0 Å². The predicted molar refractivity (Wildman–Crippen MR) is 44.7 cm³/mol. The summed E-state index contributed by atoms with van der Waals surface area (Å²) in [5.41, 5.74) is -0.473. The first-order chi connectivity index (χ1) is 6.13. The van der Waals surface area contributed by atoms with E-state index < -0.39 is 25.6 Å². The lowest BCUT2D eigenvalue weighted by atomic mass is 10.2. The first-order valence-electron chi connectivity index (χ1n) is 4.03. The van der Waals surface area contributed by atoms with Crippen molar-refractivity contribution < 1.29 is 23.4 Å².